The number of nitro groups is 1. The molecule has 1 saturated heterocycles. The first kappa shape index (κ1) is 18.1. The number of hydrogen-bond acceptors (Lipinski definition) is 4. The number of nitro benzene ring substituents is 1. The van der Waals surface area contributed by atoms with Crippen LogP contribution in [-0.2, 0) is 16.0 Å². The summed E-state index contributed by atoms with van der Waals surface area (Å²) in [7, 11) is 0. The monoisotopic (exact) mass is 358 g/mol. The predicted molar refractivity (Wildman–Crippen MR) is 83.3 cm³/mol. The van der Waals surface area contributed by atoms with E-state index in [1.54, 1.807) is 0 Å². The van der Waals surface area contributed by atoms with Crippen molar-refractivity contribution in [3.05, 3.63) is 38.7 Å². The van der Waals surface area contributed by atoms with E-state index in [2.05, 4.69) is 0 Å². The molecule has 130 valence electrons. The number of carbonyl (C=O) groups is 2. The maximum Gasteiger partial charge on any atom is 0.308 e. The molecular formula is C15H16ClFN2O5. The maximum absolute atomic E-state index is 13.6. The minimum absolute atomic E-state index is 0.000685. The fraction of sp³-hybridized carbons (Fsp3) is 0.467. The molecule has 0 radical (unpaired) electrons. The van der Waals surface area contributed by atoms with E-state index >= 15 is 0 Å². The molecule has 2 atom stereocenters. The number of amides is 1. The molecule has 2 unspecified atom stereocenters. The molecule has 1 fully saturated rings. The van der Waals surface area contributed by atoms with Gasteiger partial charge in [-0.25, -0.2) is 4.39 Å². The zero-order valence-electron chi connectivity index (χ0n) is 12.9. The zero-order chi connectivity index (χ0) is 18.0. The molecule has 0 aliphatic carbocycles. The lowest BCUT2D eigenvalue weighted by Gasteiger charge is -2.34. The lowest BCUT2D eigenvalue weighted by atomic mass is 9.90. The highest BCUT2D eigenvalue weighted by atomic mass is 35.5. The molecule has 1 N–H and O–H groups in total. The summed E-state index contributed by atoms with van der Waals surface area (Å²) in [6.07, 6.45) is 0.0816. The fourth-order valence-electron chi connectivity index (χ4n) is 2.90. The second-order valence-corrected chi connectivity index (χ2v) is 6.41. The highest BCUT2D eigenvalue weighted by Gasteiger charge is 2.32. The first-order valence-corrected chi connectivity index (χ1v) is 7.69. The highest BCUT2D eigenvalue weighted by molar-refractivity contribution is 6.31. The number of carboxylic acid groups (broad SMARTS) is 1. The minimum atomic E-state index is -0.983. The summed E-state index contributed by atoms with van der Waals surface area (Å²) in [6, 6.07) is 1.75. The average molecular weight is 359 g/mol. The van der Waals surface area contributed by atoms with Gasteiger partial charge in [0, 0.05) is 24.7 Å². The van der Waals surface area contributed by atoms with Crippen LogP contribution in [0.5, 0.6) is 0 Å². The number of carboxylic acids is 1. The van der Waals surface area contributed by atoms with Gasteiger partial charge in [-0.3, -0.25) is 19.7 Å². The van der Waals surface area contributed by atoms with Gasteiger partial charge in [0.25, 0.3) is 5.69 Å². The van der Waals surface area contributed by atoms with Crippen LogP contribution in [0.15, 0.2) is 12.1 Å². The molecule has 1 amide bonds. The van der Waals surface area contributed by atoms with E-state index in [4.69, 9.17) is 16.7 Å². The average Bonchev–Trinajstić information content (AvgIpc) is 2.49. The van der Waals surface area contributed by atoms with Crippen molar-refractivity contribution >= 4 is 29.2 Å². The maximum atomic E-state index is 13.6. The Labute approximate surface area is 142 Å². The van der Waals surface area contributed by atoms with Gasteiger partial charge in [-0.1, -0.05) is 18.5 Å². The van der Waals surface area contributed by atoms with Crippen LogP contribution in [0, 0.1) is 27.8 Å². The van der Waals surface area contributed by atoms with Crippen molar-refractivity contribution < 1.29 is 24.0 Å². The summed E-state index contributed by atoms with van der Waals surface area (Å²) in [6.45, 7) is 2.24. The van der Waals surface area contributed by atoms with Gasteiger partial charge < -0.3 is 10.0 Å². The van der Waals surface area contributed by atoms with Gasteiger partial charge in [-0.15, -0.1) is 0 Å². The number of nitrogens with zero attached hydrogens (tertiary/aromatic N) is 2. The molecular weight excluding hydrogens is 343 g/mol. The quantitative estimate of drug-likeness (QED) is 0.658. The van der Waals surface area contributed by atoms with E-state index < -0.39 is 39.2 Å². The lowest BCUT2D eigenvalue weighted by Crippen LogP contribution is -2.46. The van der Waals surface area contributed by atoms with Gasteiger partial charge in [0.05, 0.1) is 22.3 Å². The molecule has 0 bridgehead atoms. The molecule has 0 spiro atoms. The Balaban J connectivity index is 2.21. The Kier molecular flexibility index (Phi) is 5.38. The summed E-state index contributed by atoms with van der Waals surface area (Å²) < 4.78 is 13.6. The molecule has 1 aromatic rings. The van der Waals surface area contributed by atoms with Gasteiger partial charge in [0.2, 0.25) is 5.91 Å². The van der Waals surface area contributed by atoms with Gasteiger partial charge in [0.15, 0.2) is 0 Å². The second kappa shape index (κ2) is 7.12. The second-order valence-electron chi connectivity index (χ2n) is 6.00. The minimum Gasteiger partial charge on any atom is -0.481 e. The van der Waals surface area contributed by atoms with Crippen LogP contribution in [-0.4, -0.2) is 39.9 Å². The fourth-order valence-corrected chi connectivity index (χ4v) is 3.06. The number of aliphatic carboxylic acids is 1. The third-order valence-corrected chi connectivity index (χ3v) is 4.31. The number of likely N-dealkylation sites (tertiary alicyclic amines) is 1. The number of piperidine rings is 1. The van der Waals surface area contributed by atoms with Gasteiger partial charge in [-0.2, -0.15) is 0 Å². The third kappa shape index (κ3) is 4.00. The Morgan fingerprint density at radius 3 is 2.71 bits per heavy atom. The molecule has 1 aromatic carbocycles. The van der Waals surface area contributed by atoms with Crippen LogP contribution >= 0.6 is 11.6 Å². The normalized spacial score (nSPS) is 20.7. The van der Waals surface area contributed by atoms with Gasteiger partial charge in [-0.05, 0) is 18.4 Å². The Morgan fingerprint density at radius 2 is 2.12 bits per heavy atom. The number of benzene rings is 1. The third-order valence-electron chi connectivity index (χ3n) is 4.02. The molecule has 0 aromatic heterocycles. The van der Waals surface area contributed by atoms with E-state index in [0.29, 0.717) is 13.0 Å². The van der Waals surface area contributed by atoms with E-state index in [1.807, 2.05) is 6.92 Å². The molecule has 2 rings (SSSR count). The standard InChI is InChI=1S/C15H16ClFN2O5/c1-8-2-10(15(21)22)7-18(6-8)14(20)4-9-3-12(17)11(16)5-13(9)19(23)24/h3,5,8,10H,2,4,6-7H2,1H3,(H,21,22). The topological polar surface area (TPSA) is 101 Å². The number of carbonyl (C=O) groups excluding carboxylic acids is 1. The molecule has 24 heavy (non-hydrogen) atoms. The number of hydrogen-bond donors (Lipinski definition) is 1. The summed E-state index contributed by atoms with van der Waals surface area (Å²) in [5.74, 6) is -2.98. The van der Waals surface area contributed by atoms with Crippen molar-refractivity contribution in [2.75, 3.05) is 13.1 Å². The number of rotatable bonds is 4. The molecule has 1 heterocycles. The highest BCUT2D eigenvalue weighted by Crippen LogP contribution is 2.28. The van der Waals surface area contributed by atoms with E-state index in [0.717, 1.165) is 12.1 Å². The zero-order valence-corrected chi connectivity index (χ0v) is 13.6. The van der Waals surface area contributed by atoms with Crippen molar-refractivity contribution in [2.45, 2.75) is 19.8 Å². The van der Waals surface area contributed by atoms with Crippen LogP contribution in [0.25, 0.3) is 0 Å². The van der Waals surface area contributed by atoms with Crippen LogP contribution < -0.4 is 0 Å². The predicted octanol–water partition coefficient (Wildman–Crippen LogP) is 2.50. The SMILES string of the molecule is CC1CC(C(=O)O)CN(C(=O)Cc2cc(F)c(Cl)cc2[N+](=O)[O-])C1. The van der Waals surface area contributed by atoms with Crippen molar-refractivity contribution in [1.29, 1.82) is 0 Å². The summed E-state index contributed by atoms with van der Waals surface area (Å²) in [5, 5.41) is 19.8. The van der Waals surface area contributed by atoms with E-state index in [9.17, 15) is 24.1 Å². The molecule has 0 saturated carbocycles. The van der Waals surface area contributed by atoms with Crippen LogP contribution in [0.2, 0.25) is 5.02 Å². The molecule has 7 nitrogen and oxygen atoms in total. The van der Waals surface area contributed by atoms with Crippen LogP contribution in [0.4, 0.5) is 10.1 Å². The summed E-state index contributed by atoms with van der Waals surface area (Å²) in [4.78, 5) is 35.3. The van der Waals surface area contributed by atoms with Gasteiger partial charge in [0.1, 0.15) is 5.82 Å². The molecule has 1 aliphatic heterocycles. The van der Waals surface area contributed by atoms with Crippen molar-refractivity contribution in [2.24, 2.45) is 11.8 Å². The van der Waals surface area contributed by atoms with Crippen LogP contribution in [0.3, 0.4) is 0 Å². The van der Waals surface area contributed by atoms with Crippen LogP contribution in [0.1, 0.15) is 18.9 Å². The van der Waals surface area contributed by atoms with Crippen molar-refractivity contribution in [3.63, 3.8) is 0 Å². The smallest absolute Gasteiger partial charge is 0.308 e. The lowest BCUT2D eigenvalue weighted by molar-refractivity contribution is -0.385. The molecule has 9 heteroatoms. The van der Waals surface area contributed by atoms with Gasteiger partial charge >= 0.3 is 5.97 Å². The Morgan fingerprint density at radius 1 is 1.46 bits per heavy atom. The Hall–Kier alpha value is -2.22. The van der Waals surface area contributed by atoms with Crippen molar-refractivity contribution in [3.8, 4) is 0 Å². The Bertz CT molecular complexity index is 697. The summed E-state index contributed by atoms with van der Waals surface area (Å²) in [5.41, 5.74) is -0.522. The largest absolute Gasteiger partial charge is 0.481 e. The number of halogens is 2. The first-order chi connectivity index (χ1) is 11.2. The molecule has 1 aliphatic rings. The van der Waals surface area contributed by atoms with E-state index in [1.165, 1.54) is 4.90 Å². The summed E-state index contributed by atoms with van der Waals surface area (Å²) >= 11 is 5.55. The van der Waals surface area contributed by atoms with Crippen molar-refractivity contribution in [1.82, 2.24) is 4.90 Å². The first-order valence-electron chi connectivity index (χ1n) is 7.32. The van der Waals surface area contributed by atoms with E-state index in [-0.39, 0.29) is 24.4 Å².